The second-order valence-corrected chi connectivity index (χ2v) is 11.0. The second kappa shape index (κ2) is 7.47. The number of hydrogen-bond donors (Lipinski definition) is 0. The molecule has 0 spiro atoms. The molecule has 0 radical (unpaired) electrons. The van der Waals surface area contributed by atoms with E-state index in [2.05, 4.69) is 63.1 Å². The van der Waals surface area contributed by atoms with Gasteiger partial charge < -0.3 is 4.42 Å². The van der Waals surface area contributed by atoms with E-state index in [1.165, 1.54) is 9.88 Å². The minimum absolute atomic E-state index is 0.00616. The Bertz CT molecular complexity index is 846. The van der Waals surface area contributed by atoms with Gasteiger partial charge in [0.25, 0.3) is 0 Å². The molecule has 0 atom stereocenters. The molecule has 0 amide bonds. The molecule has 27 heavy (non-hydrogen) atoms. The summed E-state index contributed by atoms with van der Waals surface area (Å²) in [4.78, 5) is 14.9. The van der Waals surface area contributed by atoms with Gasteiger partial charge in [0.15, 0.2) is 5.89 Å². The first kappa shape index (κ1) is 20.2. The van der Waals surface area contributed by atoms with Crippen LogP contribution in [0.25, 0.3) is 0 Å². The average molecular weight is 404 g/mol. The summed E-state index contributed by atoms with van der Waals surface area (Å²) in [5.74, 6) is 0.813. The van der Waals surface area contributed by atoms with Crippen LogP contribution >= 0.6 is 22.7 Å². The molecule has 0 aliphatic heterocycles. The Labute approximate surface area is 170 Å². The van der Waals surface area contributed by atoms with Gasteiger partial charge in [0.1, 0.15) is 6.26 Å². The Hall–Kier alpha value is -1.53. The Morgan fingerprint density at radius 3 is 2.30 bits per heavy atom. The van der Waals surface area contributed by atoms with Crippen LogP contribution in [0.5, 0.6) is 0 Å². The average Bonchev–Trinajstić information content (AvgIpc) is 3.32. The molecule has 3 rings (SSSR count). The fraction of sp³-hybridized carbons (Fsp3) is 0.571. The van der Waals surface area contributed by atoms with Crippen molar-refractivity contribution in [3.63, 3.8) is 0 Å². The SMILES string of the molecule is CC(C)(Cc1ncc(C(C)(C)CCC(C)(C)c2ncco2)s1)c1cscn1. The molecule has 0 fully saturated rings. The van der Waals surface area contributed by atoms with E-state index >= 15 is 0 Å². The molecule has 0 aromatic carbocycles. The Morgan fingerprint density at radius 2 is 1.67 bits per heavy atom. The van der Waals surface area contributed by atoms with E-state index in [-0.39, 0.29) is 16.2 Å². The number of nitrogens with zero attached hydrogens (tertiary/aromatic N) is 3. The molecule has 3 aromatic heterocycles. The fourth-order valence-electron chi connectivity index (χ4n) is 3.13. The standard InChI is InChI=1S/C21H29N3OS2/c1-19(2,7-8-20(3,4)18-22-9-10-25-18)16-12-23-17(27-16)11-21(5,6)15-13-26-14-24-15/h9-10,12-14H,7-8,11H2,1-6H3. The van der Waals surface area contributed by atoms with Crippen LogP contribution in [-0.4, -0.2) is 15.0 Å². The lowest BCUT2D eigenvalue weighted by Gasteiger charge is -2.28. The van der Waals surface area contributed by atoms with Crippen LogP contribution in [0.4, 0.5) is 0 Å². The monoisotopic (exact) mass is 403 g/mol. The number of thiazole rings is 2. The van der Waals surface area contributed by atoms with E-state index in [0.717, 1.165) is 30.8 Å². The number of hydrogen-bond acceptors (Lipinski definition) is 6. The van der Waals surface area contributed by atoms with Crippen molar-refractivity contribution in [1.29, 1.82) is 0 Å². The molecule has 0 saturated heterocycles. The van der Waals surface area contributed by atoms with Crippen LogP contribution in [-0.2, 0) is 22.7 Å². The predicted molar refractivity (Wildman–Crippen MR) is 113 cm³/mol. The first-order chi connectivity index (χ1) is 12.6. The van der Waals surface area contributed by atoms with Crippen LogP contribution in [0.2, 0.25) is 0 Å². The number of rotatable bonds is 8. The van der Waals surface area contributed by atoms with Gasteiger partial charge in [-0.3, -0.25) is 0 Å². The maximum Gasteiger partial charge on any atom is 0.199 e. The zero-order chi connectivity index (χ0) is 19.7. The van der Waals surface area contributed by atoms with Crippen molar-refractivity contribution in [2.75, 3.05) is 0 Å². The third-order valence-electron chi connectivity index (χ3n) is 5.33. The molecule has 4 nitrogen and oxygen atoms in total. The van der Waals surface area contributed by atoms with Crippen LogP contribution in [0.1, 0.15) is 75.9 Å². The van der Waals surface area contributed by atoms with Crippen molar-refractivity contribution >= 4 is 22.7 Å². The summed E-state index contributed by atoms with van der Waals surface area (Å²) in [6, 6.07) is 0. The molecule has 0 N–H and O–H groups in total. The highest BCUT2D eigenvalue weighted by molar-refractivity contribution is 7.11. The number of oxazole rings is 1. The fourth-order valence-corrected chi connectivity index (χ4v) is 5.15. The maximum atomic E-state index is 5.54. The van der Waals surface area contributed by atoms with Crippen LogP contribution in [0, 0.1) is 0 Å². The normalized spacial score (nSPS) is 13.3. The van der Waals surface area contributed by atoms with Gasteiger partial charge in [-0.25, -0.2) is 15.0 Å². The predicted octanol–water partition coefficient (Wildman–Crippen LogP) is 6.14. The molecule has 0 saturated carbocycles. The quantitative estimate of drug-likeness (QED) is 0.453. The van der Waals surface area contributed by atoms with Gasteiger partial charge in [0, 0.05) is 39.1 Å². The second-order valence-electron chi connectivity index (χ2n) is 9.16. The van der Waals surface area contributed by atoms with Gasteiger partial charge >= 0.3 is 0 Å². The van der Waals surface area contributed by atoms with E-state index in [1.54, 1.807) is 23.8 Å². The summed E-state index contributed by atoms with van der Waals surface area (Å²) in [7, 11) is 0. The third-order valence-corrected chi connectivity index (χ3v) is 7.28. The summed E-state index contributed by atoms with van der Waals surface area (Å²) < 4.78 is 5.54. The molecule has 3 heterocycles. The highest BCUT2D eigenvalue weighted by Crippen LogP contribution is 2.38. The van der Waals surface area contributed by atoms with E-state index in [4.69, 9.17) is 9.40 Å². The van der Waals surface area contributed by atoms with Crippen LogP contribution < -0.4 is 0 Å². The van der Waals surface area contributed by atoms with E-state index < -0.39 is 0 Å². The molecule has 6 heteroatoms. The number of aromatic nitrogens is 3. The van der Waals surface area contributed by atoms with Gasteiger partial charge in [-0.05, 0) is 12.8 Å². The Balaban J connectivity index is 1.67. The highest BCUT2D eigenvalue weighted by Gasteiger charge is 2.32. The van der Waals surface area contributed by atoms with Crippen LogP contribution in [0.15, 0.2) is 34.0 Å². The third kappa shape index (κ3) is 4.66. The zero-order valence-corrected chi connectivity index (χ0v) is 18.7. The Morgan fingerprint density at radius 1 is 0.926 bits per heavy atom. The van der Waals surface area contributed by atoms with Crippen molar-refractivity contribution in [2.45, 2.75) is 77.0 Å². The lowest BCUT2D eigenvalue weighted by Crippen LogP contribution is -2.24. The van der Waals surface area contributed by atoms with Crippen LogP contribution in [0.3, 0.4) is 0 Å². The van der Waals surface area contributed by atoms with Gasteiger partial charge in [0.2, 0.25) is 0 Å². The first-order valence-electron chi connectivity index (χ1n) is 9.34. The van der Waals surface area contributed by atoms with E-state index in [0.29, 0.717) is 0 Å². The zero-order valence-electron chi connectivity index (χ0n) is 17.1. The topological polar surface area (TPSA) is 51.8 Å². The lowest BCUT2D eigenvalue weighted by molar-refractivity contribution is 0.312. The molecule has 0 aliphatic carbocycles. The minimum atomic E-state index is -0.0686. The van der Waals surface area contributed by atoms with Gasteiger partial charge in [-0.2, -0.15) is 0 Å². The minimum Gasteiger partial charge on any atom is -0.448 e. The van der Waals surface area contributed by atoms with Gasteiger partial charge in [-0.15, -0.1) is 22.7 Å². The van der Waals surface area contributed by atoms with Crippen molar-refractivity contribution in [2.24, 2.45) is 0 Å². The van der Waals surface area contributed by atoms with Crippen molar-refractivity contribution in [3.8, 4) is 0 Å². The first-order valence-corrected chi connectivity index (χ1v) is 11.1. The van der Waals surface area contributed by atoms with E-state index in [1.807, 2.05) is 16.8 Å². The largest absolute Gasteiger partial charge is 0.448 e. The molecule has 0 bridgehead atoms. The van der Waals surface area contributed by atoms with Gasteiger partial charge in [0.05, 0.1) is 22.4 Å². The molecular weight excluding hydrogens is 374 g/mol. The summed E-state index contributed by atoms with van der Waals surface area (Å²) in [5, 5.41) is 3.33. The van der Waals surface area contributed by atoms with E-state index in [9.17, 15) is 0 Å². The summed E-state index contributed by atoms with van der Waals surface area (Å²) in [5.41, 5.74) is 3.07. The molecular formula is C21H29N3OS2. The Kier molecular flexibility index (Phi) is 5.59. The molecule has 0 aliphatic rings. The maximum absolute atomic E-state index is 5.54. The lowest BCUT2D eigenvalue weighted by atomic mass is 9.78. The summed E-state index contributed by atoms with van der Waals surface area (Å²) >= 11 is 3.49. The highest BCUT2D eigenvalue weighted by atomic mass is 32.1. The van der Waals surface area contributed by atoms with Crippen molar-refractivity contribution in [3.05, 3.63) is 51.0 Å². The van der Waals surface area contributed by atoms with Gasteiger partial charge in [-0.1, -0.05) is 41.5 Å². The smallest absolute Gasteiger partial charge is 0.199 e. The molecule has 0 unspecified atom stereocenters. The summed E-state index contributed by atoms with van der Waals surface area (Å²) in [6.45, 7) is 13.5. The molecule has 3 aromatic rings. The summed E-state index contributed by atoms with van der Waals surface area (Å²) in [6.07, 6.45) is 8.43. The molecule has 146 valence electrons. The van der Waals surface area contributed by atoms with Crippen molar-refractivity contribution < 1.29 is 4.42 Å². The van der Waals surface area contributed by atoms with Crippen molar-refractivity contribution in [1.82, 2.24) is 15.0 Å².